The molecule has 114 valence electrons. The number of urea groups is 1. The van der Waals surface area contributed by atoms with E-state index >= 15 is 0 Å². The molecule has 0 heterocycles. The molecule has 0 aliphatic carbocycles. The molecular weight excluding hydrogens is 298 g/mol. The summed E-state index contributed by atoms with van der Waals surface area (Å²) >= 11 is 5.74. The molecule has 21 heavy (non-hydrogen) atoms. The number of rotatable bonds is 4. The van der Waals surface area contributed by atoms with E-state index in [1.807, 2.05) is 5.32 Å². The van der Waals surface area contributed by atoms with E-state index in [-0.39, 0.29) is 11.3 Å². The van der Waals surface area contributed by atoms with E-state index in [1.165, 1.54) is 25.1 Å². The molecular formula is C13H16ClN3O4. The van der Waals surface area contributed by atoms with E-state index in [0.29, 0.717) is 11.6 Å². The minimum Gasteiger partial charge on any atom is -0.449 e. The van der Waals surface area contributed by atoms with Crippen LogP contribution in [0, 0.1) is 0 Å². The Bertz CT molecular complexity index is 562. The van der Waals surface area contributed by atoms with Crippen LogP contribution in [0.25, 0.3) is 0 Å². The van der Waals surface area contributed by atoms with Crippen molar-refractivity contribution in [3.8, 4) is 0 Å². The van der Waals surface area contributed by atoms with Crippen LogP contribution in [0.3, 0.4) is 0 Å². The number of carbonyl (C=O) groups excluding carboxylic acids is 3. The van der Waals surface area contributed by atoms with Gasteiger partial charge in [-0.15, -0.1) is 0 Å². The molecule has 0 aliphatic heterocycles. The number of ether oxygens (including phenoxy) is 1. The summed E-state index contributed by atoms with van der Waals surface area (Å²) < 4.78 is 4.94. The van der Waals surface area contributed by atoms with Crippen LogP contribution in [0.15, 0.2) is 18.2 Å². The van der Waals surface area contributed by atoms with Gasteiger partial charge in [0.25, 0.3) is 5.91 Å². The van der Waals surface area contributed by atoms with Crippen LogP contribution >= 0.6 is 11.6 Å². The number of hydrogen-bond acceptors (Lipinski definition) is 5. The number of benzene rings is 1. The van der Waals surface area contributed by atoms with Gasteiger partial charge in [0.05, 0.1) is 16.3 Å². The lowest BCUT2D eigenvalue weighted by Crippen LogP contribution is -2.44. The maximum absolute atomic E-state index is 11.8. The van der Waals surface area contributed by atoms with Crippen molar-refractivity contribution in [2.24, 2.45) is 0 Å². The Morgan fingerprint density at radius 1 is 1.38 bits per heavy atom. The maximum atomic E-state index is 11.8. The fourth-order valence-electron chi connectivity index (χ4n) is 1.37. The Morgan fingerprint density at radius 3 is 2.62 bits per heavy atom. The molecule has 0 saturated heterocycles. The summed E-state index contributed by atoms with van der Waals surface area (Å²) in [6.07, 6.45) is -1.13. The van der Waals surface area contributed by atoms with Gasteiger partial charge in [-0.1, -0.05) is 11.6 Å². The number of hydrogen-bond donors (Lipinski definition) is 3. The monoisotopic (exact) mass is 313 g/mol. The Morgan fingerprint density at radius 2 is 2.05 bits per heavy atom. The molecule has 0 radical (unpaired) electrons. The lowest BCUT2D eigenvalue weighted by molar-refractivity contribution is -0.127. The average Bonchev–Trinajstić information content (AvgIpc) is 2.41. The smallest absolute Gasteiger partial charge is 0.338 e. The zero-order valence-corrected chi connectivity index (χ0v) is 12.4. The van der Waals surface area contributed by atoms with E-state index in [9.17, 15) is 14.4 Å². The van der Waals surface area contributed by atoms with Crippen molar-refractivity contribution in [3.63, 3.8) is 0 Å². The van der Waals surface area contributed by atoms with Gasteiger partial charge in [-0.05, 0) is 32.0 Å². The number of amides is 3. The number of imide groups is 1. The highest BCUT2D eigenvalue weighted by molar-refractivity contribution is 6.33. The predicted molar refractivity (Wildman–Crippen MR) is 78.0 cm³/mol. The summed E-state index contributed by atoms with van der Waals surface area (Å²) in [6, 6.07) is 3.57. The summed E-state index contributed by atoms with van der Waals surface area (Å²) in [5.74, 6) is -1.46. The fourth-order valence-corrected chi connectivity index (χ4v) is 1.49. The average molecular weight is 314 g/mol. The number of nitrogens with one attached hydrogen (secondary N) is 2. The van der Waals surface area contributed by atoms with Crippen molar-refractivity contribution in [1.82, 2.24) is 10.6 Å². The Kier molecular flexibility index (Phi) is 5.98. The molecule has 0 aliphatic rings. The molecule has 3 amide bonds. The lowest BCUT2D eigenvalue weighted by Gasteiger charge is -2.13. The highest BCUT2D eigenvalue weighted by Gasteiger charge is 2.20. The zero-order chi connectivity index (χ0) is 16.0. The molecule has 0 bridgehead atoms. The summed E-state index contributed by atoms with van der Waals surface area (Å²) in [7, 11) is 0. The van der Waals surface area contributed by atoms with E-state index in [2.05, 4.69) is 5.32 Å². The number of esters is 1. The lowest BCUT2D eigenvalue weighted by atomic mass is 10.2. The second-order valence-electron chi connectivity index (χ2n) is 4.13. The predicted octanol–water partition coefficient (Wildman–Crippen LogP) is 1.31. The van der Waals surface area contributed by atoms with Crippen LogP contribution in [-0.4, -0.2) is 30.6 Å². The van der Waals surface area contributed by atoms with Crippen LogP contribution in [0.5, 0.6) is 0 Å². The van der Waals surface area contributed by atoms with Gasteiger partial charge >= 0.3 is 12.0 Å². The van der Waals surface area contributed by atoms with Crippen molar-refractivity contribution in [2.75, 3.05) is 12.3 Å². The van der Waals surface area contributed by atoms with Gasteiger partial charge in [-0.2, -0.15) is 0 Å². The number of carbonyl (C=O) groups is 3. The van der Waals surface area contributed by atoms with Crippen LogP contribution < -0.4 is 16.4 Å². The van der Waals surface area contributed by atoms with Gasteiger partial charge in [0, 0.05) is 6.54 Å². The first-order valence-corrected chi connectivity index (χ1v) is 6.57. The van der Waals surface area contributed by atoms with Crippen LogP contribution in [0.2, 0.25) is 5.02 Å². The van der Waals surface area contributed by atoms with Crippen molar-refractivity contribution in [3.05, 3.63) is 28.8 Å². The summed E-state index contributed by atoms with van der Waals surface area (Å²) in [5.41, 5.74) is 5.97. The van der Waals surface area contributed by atoms with Gasteiger partial charge in [-0.25, -0.2) is 9.59 Å². The molecule has 1 aromatic carbocycles. The molecule has 1 atom stereocenters. The number of halogens is 1. The minimum atomic E-state index is -1.13. The van der Waals surface area contributed by atoms with Crippen LogP contribution in [0.1, 0.15) is 24.2 Å². The minimum absolute atomic E-state index is 0.162. The third-order valence-corrected chi connectivity index (χ3v) is 2.80. The first-order valence-electron chi connectivity index (χ1n) is 6.19. The van der Waals surface area contributed by atoms with Crippen molar-refractivity contribution in [1.29, 1.82) is 0 Å². The van der Waals surface area contributed by atoms with E-state index in [4.69, 9.17) is 22.1 Å². The highest BCUT2D eigenvalue weighted by Crippen LogP contribution is 2.20. The van der Waals surface area contributed by atoms with Gasteiger partial charge < -0.3 is 15.8 Å². The van der Waals surface area contributed by atoms with Gasteiger partial charge in [0.1, 0.15) is 0 Å². The van der Waals surface area contributed by atoms with Gasteiger partial charge in [-0.3, -0.25) is 10.1 Å². The second kappa shape index (κ2) is 7.49. The van der Waals surface area contributed by atoms with E-state index in [0.717, 1.165) is 0 Å². The summed E-state index contributed by atoms with van der Waals surface area (Å²) in [4.78, 5) is 34.6. The van der Waals surface area contributed by atoms with Crippen molar-refractivity contribution in [2.45, 2.75) is 20.0 Å². The van der Waals surface area contributed by atoms with Crippen LogP contribution in [0.4, 0.5) is 10.5 Å². The number of anilines is 1. The molecule has 4 N–H and O–H groups in total. The van der Waals surface area contributed by atoms with Gasteiger partial charge in [0.2, 0.25) is 0 Å². The summed E-state index contributed by atoms with van der Waals surface area (Å²) in [5, 5.41) is 4.75. The quantitative estimate of drug-likeness (QED) is 0.573. The number of nitrogen functional groups attached to an aromatic ring is 1. The first kappa shape index (κ1) is 16.8. The fraction of sp³-hybridized carbons (Fsp3) is 0.308. The first-order chi connectivity index (χ1) is 9.85. The Hall–Kier alpha value is -2.28. The van der Waals surface area contributed by atoms with Crippen molar-refractivity contribution < 1.29 is 19.1 Å². The Labute approximate surface area is 126 Å². The standard InChI is InChI=1S/C13H16ClN3O4/c1-3-16-13(20)17-11(18)7(2)21-12(19)8-4-5-9(14)10(15)6-8/h4-7H,3,15H2,1-2H3,(H2,16,17,18,20)/t7-/m1/s1. The molecule has 8 heteroatoms. The Balaban J connectivity index is 2.63. The van der Waals surface area contributed by atoms with E-state index in [1.54, 1.807) is 6.92 Å². The topological polar surface area (TPSA) is 111 Å². The van der Waals surface area contributed by atoms with Crippen LogP contribution in [-0.2, 0) is 9.53 Å². The maximum Gasteiger partial charge on any atom is 0.338 e. The molecule has 0 spiro atoms. The molecule has 1 aromatic rings. The third kappa shape index (κ3) is 4.96. The SMILES string of the molecule is CCNC(=O)NC(=O)[C@@H](C)OC(=O)c1ccc(Cl)c(N)c1. The van der Waals surface area contributed by atoms with E-state index < -0.39 is 24.0 Å². The highest BCUT2D eigenvalue weighted by atomic mass is 35.5. The molecule has 0 fully saturated rings. The molecule has 0 saturated carbocycles. The summed E-state index contributed by atoms with van der Waals surface area (Å²) in [6.45, 7) is 3.43. The van der Waals surface area contributed by atoms with Gasteiger partial charge in [0.15, 0.2) is 6.10 Å². The molecule has 7 nitrogen and oxygen atoms in total. The van der Waals surface area contributed by atoms with Crippen molar-refractivity contribution >= 4 is 35.2 Å². The molecule has 0 unspecified atom stereocenters. The zero-order valence-electron chi connectivity index (χ0n) is 11.6. The molecule has 1 rings (SSSR count). The normalized spacial score (nSPS) is 11.4. The number of nitrogens with two attached hydrogens (primary N) is 1. The largest absolute Gasteiger partial charge is 0.449 e. The molecule has 0 aromatic heterocycles. The second-order valence-corrected chi connectivity index (χ2v) is 4.54. The third-order valence-electron chi connectivity index (χ3n) is 2.46.